The van der Waals surface area contributed by atoms with E-state index in [1.165, 1.54) is 5.56 Å². The molecule has 2 atom stereocenters. The average molecular weight is 376 g/mol. The molecule has 0 saturated carbocycles. The van der Waals surface area contributed by atoms with Crippen LogP contribution in [-0.4, -0.2) is 22.5 Å². The zero-order chi connectivity index (χ0) is 13.8. The molecule has 0 saturated heterocycles. The van der Waals surface area contributed by atoms with Crippen LogP contribution in [0.1, 0.15) is 17.7 Å². The third-order valence-electron chi connectivity index (χ3n) is 2.48. The number of nitrogens with two attached hydrogens (primary N) is 1. The van der Waals surface area contributed by atoms with Crippen molar-refractivity contribution < 1.29 is 0 Å². The molecule has 1 heterocycles. The summed E-state index contributed by atoms with van der Waals surface area (Å²) in [7, 11) is 0. The highest BCUT2D eigenvalue weighted by Crippen LogP contribution is 2.41. The lowest BCUT2D eigenvalue weighted by Crippen LogP contribution is -2.22. The van der Waals surface area contributed by atoms with Gasteiger partial charge in [0.05, 0.1) is 5.25 Å². The summed E-state index contributed by atoms with van der Waals surface area (Å²) in [4.78, 5) is 0. The molecule has 102 valence electrons. The van der Waals surface area contributed by atoms with E-state index in [2.05, 4.69) is 32.2 Å². The third-order valence-corrected chi connectivity index (χ3v) is 6.65. The van der Waals surface area contributed by atoms with E-state index in [9.17, 15) is 0 Å². The van der Waals surface area contributed by atoms with Crippen molar-refractivity contribution in [2.45, 2.75) is 26.9 Å². The van der Waals surface area contributed by atoms with E-state index >= 15 is 0 Å². The van der Waals surface area contributed by atoms with Crippen LogP contribution in [0.5, 0.6) is 0 Å². The molecule has 2 aromatic rings. The van der Waals surface area contributed by atoms with E-state index in [0.29, 0.717) is 0 Å². The highest BCUT2D eigenvalue weighted by Gasteiger charge is 2.21. The van der Waals surface area contributed by atoms with E-state index < -0.39 is 0 Å². The molecule has 0 bridgehead atoms. The highest BCUT2D eigenvalue weighted by molar-refractivity contribution is 9.10. The number of rotatable bonds is 5. The quantitative estimate of drug-likeness (QED) is 0.793. The molecule has 2 unspecified atom stereocenters. The van der Waals surface area contributed by atoms with Crippen molar-refractivity contribution in [3.8, 4) is 0 Å². The van der Waals surface area contributed by atoms with Crippen molar-refractivity contribution in [1.82, 2.24) is 10.2 Å². The van der Waals surface area contributed by atoms with Gasteiger partial charge in [-0.3, -0.25) is 0 Å². The van der Waals surface area contributed by atoms with Crippen molar-refractivity contribution in [1.29, 1.82) is 0 Å². The summed E-state index contributed by atoms with van der Waals surface area (Å²) < 4.78 is 3.03. The molecule has 0 radical (unpaired) electrons. The summed E-state index contributed by atoms with van der Waals surface area (Å²) in [5, 5.41) is 8.49. The Morgan fingerprint density at radius 1 is 1.26 bits per heavy atom. The lowest BCUT2D eigenvalue weighted by molar-refractivity contribution is 0.718. The van der Waals surface area contributed by atoms with Gasteiger partial charge in [0.15, 0.2) is 8.68 Å². The standard InChI is InChI=1S/C12H14BrN3S3/c1-7(14)10(8-5-3-4-6-9(8)13)18-12-16-15-11(17-2)19-12/h3-7,10H,14H2,1-2H3. The fourth-order valence-electron chi connectivity index (χ4n) is 1.60. The summed E-state index contributed by atoms with van der Waals surface area (Å²) in [5.41, 5.74) is 7.33. The van der Waals surface area contributed by atoms with Crippen molar-refractivity contribution >= 4 is 50.8 Å². The Labute approximate surface area is 133 Å². The Balaban J connectivity index is 2.24. The Hall–Kier alpha value is -0.0800. The summed E-state index contributed by atoms with van der Waals surface area (Å²) in [6.07, 6.45) is 2.01. The molecule has 19 heavy (non-hydrogen) atoms. The predicted octanol–water partition coefficient (Wildman–Crippen LogP) is 4.20. The molecule has 1 aromatic carbocycles. The van der Waals surface area contributed by atoms with Gasteiger partial charge in [0.2, 0.25) is 0 Å². The Morgan fingerprint density at radius 3 is 2.53 bits per heavy atom. The normalized spacial score (nSPS) is 14.3. The third kappa shape index (κ3) is 3.95. The van der Waals surface area contributed by atoms with Crippen molar-refractivity contribution in [3.05, 3.63) is 34.3 Å². The van der Waals surface area contributed by atoms with Crippen LogP contribution in [0.25, 0.3) is 0 Å². The van der Waals surface area contributed by atoms with Gasteiger partial charge in [-0.05, 0) is 24.8 Å². The number of halogens is 1. The first-order valence-corrected chi connectivity index (χ1v) is 9.37. The number of aromatic nitrogens is 2. The number of nitrogens with zero attached hydrogens (tertiary/aromatic N) is 2. The van der Waals surface area contributed by atoms with Gasteiger partial charge in [-0.15, -0.1) is 10.2 Å². The fraction of sp³-hybridized carbons (Fsp3) is 0.333. The topological polar surface area (TPSA) is 51.8 Å². The average Bonchev–Trinajstić information content (AvgIpc) is 2.84. The number of benzene rings is 1. The van der Waals surface area contributed by atoms with Gasteiger partial charge in [0.1, 0.15) is 0 Å². The van der Waals surface area contributed by atoms with Crippen LogP contribution in [-0.2, 0) is 0 Å². The SMILES string of the molecule is CSc1nnc(SC(c2ccccc2Br)C(C)N)s1. The molecule has 3 nitrogen and oxygen atoms in total. The second-order valence-corrected chi connectivity index (χ2v) is 8.23. The maximum absolute atomic E-state index is 6.13. The first-order valence-electron chi connectivity index (χ1n) is 5.66. The largest absolute Gasteiger partial charge is 0.327 e. The van der Waals surface area contributed by atoms with Gasteiger partial charge in [0, 0.05) is 10.5 Å². The monoisotopic (exact) mass is 375 g/mol. The zero-order valence-corrected chi connectivity index (χ0v) is 14.6. The van der Waals surface area contributed by atoms with Crippen LogP contribution in [0, 0.1) is 0 Å². The van der Waals surface area contributed by atoms with E-state index in [4.69, 9.17) is 5.73 Å². The van der Waals surface area contributed by atoms with Crippen molar-refractivity contribution in [3.63, 3.8) is 0 Å². The zero-order valence-electron chi connectivity index (χ0n) is 10.5. The van der Waals surface area contributed by atoms with Gasteiger partial charge in [-0.2, -0.15) is 0 Å². The van der Waals surface area contributed by atoms with Gasteiger partial charge in [-0.1, -0.05) is 69.0 Å². The minimum Gasteiger partial charge on any atom is -0.327 e. The number of hydrogen-bond donors (Lipinski definition) is 1. The molecule has 0 spiro atoms. The van der Waals surface area contributed by atoms with Gasteiger partial charge >= 0.3 is 0 Å². The summed E-state index contributed by atoms with van der Waals surface area (Å²) in [6, 6.07) is 8.21. The summed E-state index contributed by atoms with van der Waals surface area (Å²) >= 11 is 8.50. The van der Waals surface area contributed by atoms with Crippen LogP contribution >= 0.6 is 50.8 Å². The molecular formula is C12H14BrN3S3. The molecule has 7 heteroatoms. The predicted molar refractivity (Wildman–Crippen MR) is 88.1 cm³/mol. The van der Waals surface area contributed by atoms with Crippen LogP contribution in [0.2, 0.25) is 0 Å². The van der Waals surface area contributed by atoms with Gasteiger partial charge in [-0.25, -0.2) is 0 Å². The Kier molecular flexibility index (Phi) is 5.70. The first-order chi connectivity index (χ1) is 9.11. The van der Waals surface area contributed by atoms with Crippen LogP contribution in [0.4, 0.5) is 0 Å². The van der Waals surface area contributed by atoms with E-state index in [0.717, 1.165) is 13.2 Å². The molecule has 2 N–H and O–H groups in total. The summed E-state index contributed by atoms with van der Waals surface area (Å²) in [6.45, 7) is 2.02. The highest BCUT2D eigenvalue weighted by atomic mass is 79.9. The Morgan fingerprint density at radius 2 is 1.95 bits per heavy atom. The molecule has 2 rings (SSSR count). The first kappa shape index (κ1) is 15.3. The van der Waals surface area contributed by atoms with Crippen LogP contribution < -0.4 is 5.73 Å². The van der Waals surface area contributed by atoms with E-state index in [1.54, 1.807) is 34.9 Å². The molecule has 0 aliphatic rings. The maximum atomic E-state index is 6.13. The van der Waals surface area contributed by atoms with Crippen molar-refractivity contribution in [2.75, 3.05) is 6.26 Å². The smallest absolute Gasteiger partial charge is 0.175 e. The van der Waals surface area contributed by atoms with Crippen LogP contribution in [0.3, 0.4) is 0 Å². The van der Waals surface area contributed by atoms with E-state index in [-0.39, 0.29) is 11.3 Å². The minimum atomic E-state index is 0.0327. The molecule has 0 aliphatic heterocycles. The second-order valence-electron chi connectivity index (χ2n) is 3.96. The second kappa shape index (κ2) is 7.08. The molecule has 0 amide bonds. The lowest BCUT2D eigenvalue weighted by atomic mass is 10.1. The minimum absolute atomic E-state index is 0.0327. The summed E-state index contributed by atoms with van der Waals surface area (Å²) in [5.74, 6) is 0. The molecule has 1 aromatic heterocycles. The molecule has 0 aliphatic carbocycles. The number of thioether (sulfide) groups is 2. The molecule has 0 fully saturated rings. The van der Waals surface area contributed by atoms with Gasteiger partial charge < -0.3 is 5.73 Å². The number of hydrogen-bond acceptors (Lipinski definition) is 6. The van der Waals surface area contributed by atoms with Crippen molar-refractivity contribution in [2.24, 2.45) is 5.73 Å². The van der Waals surface area contributed by atoms with Gasteiger partial charge in [0.25, 0.3) is 0 Å². The fourth-order valence-corrected chi connectivity index (χ4v) is 5.03. The van der Waals surface area contributed by atoms with E-state index in [1.807, 2.05) is 31.4 Å². The lowest BCUT2D eigenvalue weighted by Gasteiger charge is -2.20. The Bertz CT molecular complexity index is 545. The molecular weight excluding hydrogens is 362 g/mol. The van der Waals surface area contributed by atoms with Crippen LogP contribution in [0.15, 0.2) is 37.4 Å². The maximum Gasteiger partial charge on any atom is 0.175 e.